The van der Waals surface area contributed by atoms with E-state index in [1.54, 1.807) is 0 Å². The van der Waals surface area contributed by atoms with Crippen molar-refractivity contribution in [2.75, 3.05) is 13.2 Å². The zero-order chi connectivity index (χ0) is 12.1. The molecule has 0 saturated carbocycles. The Hall–Kier alpha value is -1.02. The maximum absolute atomic E-state index is 5.68. The predicted octanol–water partition coefficient (Wildman–Crippen LogP) is 3.33. The minimum atomic E-state index is 0.523. The van der Waals surface area contributed by atoms with Gasteiger partial charge in [-0.2, -0.15) is 0 Å². The van der Waals surface area contributed by atoms with Crippen molar-refractivity contribution in [2.45, 2.75) is 45.1 Å². The molecule has 2 rings (SSSR count). The summed E-state index contributed by atoms with van der Waals surface area (Å²) in [4.78, 5) is 0. The Balaban J connectivity index is 1.81. The highest BCUT2D eigenvalue weighted by molar-refractivity contribution is 5.39. The van der Waals surface area contributed by atoms with Crippen LogP contribution < -0.4 is 10.1 Å². The van der Waals surface area contributed by atoms with Crippen LogP contribution in [0.1, 0.15) is 44.6 Å². The summed E-state index contributed by atoms with van der Waals surface area (Å²) in [5.41, 5.74) is 1.36. The van der Waals surface area contributed by atoms with Crippen molar-refractivity contribution in [3.63, 3.8) is 0 Å². The average Bonchev–Trinajstić information content (AvgIpc) is 2.77. The minimum absolute atomic E-state index is 0.523. The molecule has 0 spiro atoms. The fourth-order valence-corrected chi connectivity index (χ4v) is 2.35. The second-order valence-electron chi connectivity index (χ2n) is 5.00. The number of hydrogen-bond donors (Lipinski definition) is 1. The van der Waals surface area contributed by atoms with E-state index >= 15 is 0 Å². The summed E-state index contributed by atoms with van der Waals surface area (Å²) in [6.45, 7) is 6.37. The molecule has 17 heavy (non-hydrogen) atoms. The molecular formula is C15H23NO. The Morgan fingerprint density at radius 1 is 1.41 bits per heavy atom. The molecule has 1 aromatic rings. The molecule has 0 amide bonds. The van der Waals surface area contributed by atoms with Crippen LogP contribution in [0.25, 0.3) is 0 Å². The van der Waals surface area contributed by atoms with Crippen molar-refractivity contribution < 1.29 is 4.74 Å². The molecule has 1 aliphatic heterocycles. The van der Waals surface area contributed by atoms with Crippen LogP contribution in [0.4, 0.5) is 0 Å². The first-order valence-corrected chi connectivity index (χ1v) is 6.76. The molecule has 0 aliphatic carbocycles. The van der Waals surface area contributed by atoms with Crippen LogP contribution in [0.15, 0.2) is 24.3 Å². The van der Waals surface area contributed by atoms with Crippen molar-refractivity contribution in [3.05, 3.63) is 29.8 Å². The molecule has 1 heterocycles. The molecule has 94 valence electrons. The normalized spacial score (nSPS) is 19.8. The Kier molecular flexibility index (Phi) is 4.43. The highest BCUT2D eigenvalue weighted by Crippen LogP contribution is 2.32. The first-order valence-electron chi connectivity index (χ1n) is 6.76. The second kappa shape index (κ2) is 6.06. The quantitative estimate of drug-likeness (QED) is 0.813. The number of para-hydroxylation sites is 1. The molecule has 0 fully saturated rings. The van der Waals surface area contributed by atoms with Crippen LogP contribution in [0.5, 0.6) is 5.75 Å². The van der Waals surface area contributed by atoms with E-state index in [1.165, 1.54) is 24.8 Å². The lowest BCUT2D eigenvalue weighted by Crippen LogP contribution is -2.30. The van der Waals surface area contributed by atoms with E-state index in [0.717, 1.165) is 18.9 Å². The van der Waals surface area contributed by atoms with E-state index in [9.17, 15) is 0 Å². The van der Waals surface area contributed by atoms with Gasteiger partial charge in [-0.3, -0.25) is 0 Å². The Morgan fingerprint density at radius 3 is 3.06 bits per heavy atom. The monoisotopic (exact) mass is 233 g/mol. The van der Waals surface area contributed by atoms with Crippen LogP contribution in [-0.4, -0.2) is 19.2 Å². The fourth-order valence-electron chi connectivity index (χ4n) is 2.35. The smallest absolute Gasteiger partial charge is 0.122 e. The van der Waals surface area contributed by atoms with Gasteiger partial charge in [0.2, 0.25) is 0 Å². The van der Waals surface area contributed by atoms with E-state index in [1.807, 2.05) is 6.07 Å². The molecule has 1 aromatic carbocycles. The van der Waals surface area contributed by atoms with Crippen molar-refractivity contribution in [1.82, 2.24) is 5.32 Å². The number of ether oxygens (including phenoxy) is 1. The molecule has 1 aliphatic rings. The maximum atomic E-state index is 5.68. The van der Waals surface area contributed by atoms with Gasteiger partial charge in [0.15, 0.2) is 0 Å². The van der Waals surface area contributed by atoms with E-state index in [4.69, 9.17) is 4.74 Å². The van der Waals surface area contributed by atoms with Crippen molar-refractivity contribution in [3.8, 4) is 5.75 Å². The SMILES string of the molecule is CCCCC(C)NCC1COc2ccccc21. The standard InChI is InChI=1S/C15H23NO/c1-3-4-7-12(2)16-10-13-11-17-15-9-6-5-8-14(13)15/h5-6,8-9,12-13,16H,3-4,7,10-11H2,1-2H3. The molecule has 0 bridgehead atoms. The highest BCUT2D eigenvalue weighted by atomic mass is 16.5. The van der Waals surface area contributed by atoms with Gasteiger partial charge in [0, 0.05) is 24.1 Å². The number of nitrogens with one attached hydrogen (secondary N) is 1. The van der Waals surface area contributed by atoms with Gasteiger partial charge in [-0.05, 0) is 19.4 Å². The zero-order valence-electron chi connectivity index (χ0n) is 10.9. The van der Waals surface area contributed by atoms with Crippen molar-refractivity contribution in [1.29, 1.82) is 0 Å². The van der Waals surface area contributed by atoms with Gasteiger partial charge < -0.3 is 10.1 Å². The third-order valence-electron chi connectivity index (χ3n) is 3.50. The van der Waals surface area contributed by atoms with E-state index in [-0.39, 0.29) is 0 Å². The summed E-state index contributed by atoms with van der Waals surface area (Å²) in [6.07, 6.45) is 3.86. The second-order valence-corrected chi connectivity index (χ2v) is 5.00. The van der Waals surface area contributed by atoms with Crippen LogP contribution in [0, 0.1) is 0 Å². The molecule has 0 radical (unpaired) electrons. The van der Waals surface area contributed by atoms with E-state index in [2.05, 4.69) is 37.4 Å². The van der Waals surface area contributed by atoms with E-state index in [0.29, 0.717) is 12.0 Å². The molecule has 0 aromatic heterocycles. The van der Waals surface area contributed by atoms with Gasteiger partial charge in [0.25, 0.3) is 0 Å². The summed E-state index contributed by atoms with van der Waals surface area (Å²) in [7, 11) is 0. The number of hydrogen-bond acceptors (Lipinski definition) is 2. The summed E-state index contributed by atoms with van der Waals surface area (Å²) >= 11 is 0. The van der Waals surface area contributed by atoms with Crippen molar-refractivity contribution in [2.24, 2.45) is 0 Å². The lowest BCUT2D eigenvalue weighted by atomic mass is 10.0. The molecular weight excluding hydrogens is 210 g/mol. The molecule has 1 N–H and O–H groups in total. The molecule has 2 atom stereocenters. The topological polar surface area (TPSA) is 21.3 Å². The van der Waals surface area contributed by atoms with Gasteiger partial charge in [0.05, 0.1) is 6.61 Å². The average molecular weight is 233 g/mol. The van der Waals surface area contributed by atoms with Gasteiger partial charge >= 0.3 is 0 Å². The lowest BCUT2D eigenvalue weighted by molar-refractivity contribution is 0.321. The third kappa shape index (κ3) is 3.22. The summed E-state index contributed by atoms with van der Waals surface area (Å²) < 4.78 is 5.68. The van der Waals surface area contributed by atoms with Crippen LogP contribution in [0.2, 0.25) is 0 Å². The van der Waals surface area contributed by atoms with Crippen LogP contribution >= 0.6 is 0 Å². The largest absolute Gasteiger partial charge is 0.493 e. The molecule has 0 saturated heterocycles. The minimum Gasteiger partial charge on any atom is -0.493 e. The first kappa shape index (κ1) is 12.4. The molecule has 2 heteroatoms. The fraction of sp³-hybridized carbons (Fsp3) is 0.600. The summed E-state index contributed by atoms with van der Waals surface area (Å²) in [5, 5.41) is 3.62. The van der Waals surface area contributed by atoms with Gasteiger partial charge in [-0.15, -0.1) is 0 Å². The van der Waals surface area contributed by atoms with Crippen LogP contribution in [0.3, 0.4) is 0 Å². The van der Waals surface area contributed by atoms with E-state index < -0.39 is 0 Å². The lowest BCUT2D eigenvalue weighted by Gasteiger charge is -2.16. The van der Waals surface area contributed by atoms with Gasteiger partial charge in [0.1, 0.15) is 5.75 Å². The first-order chi connectivity index (χ1) is 8.31. The number of unbranched alkanes of at least 4 members (excludes halogenated alkanes) is 1. The summed E-state index contributed by atoms with van der Waals surface area (Å²) in [6, 6.07) is 9.00. The van der Waals surface area contributed by atoms with Gasteiger partial charge in [-0.25, -0.2) is 0 Å². The predicted molar refractivity (Wildman–Crippen MR) is 71.7 cm³/mol. The zero-order valence-corrected chi connectivity index (χ0v) is 10.9. The third-order valence-corrected chi connectivity index (χ3v) is 3.50. The molecule has 2 nitrogen and oxygen atoms in total. The highest BCUT2D eigenvalue weighted by Gasteiger charge is 2.23. The van der Waals surface area contributed by atoms with Gasteiger partial charge in [-0.1, -0.05) is 38.0 Å². The van der Waals surface area contributed by atoms with Crippen LogP contribution in [-0.2, 0) is 0 Å². The summed E-state index contributed by atoms with van der Waals surface area (Å²) in [5.74, 6) is 1.59. The number of benzene rings is 1. The number of rotatable bonds is 6. The van der Waals surface area contributed by atoms with Crippen molar-refractivity contribution >= 4 is 0 Å². The number of fused-ring (bicyclic) bond motifs is 1. The Labute approximate surface area is 104 Å². The Bertz CT molecular complexity index is 351. The maximum Gasteiger partial charge on any atom is 0.122 e. The molecule has 2 unspecified atom stereocenters. The Morgan fingerprint density at radius 2 is 2.24 bits per heavy atom.